The summed E-state index contributed by atoms with van der Waals surface area (Å²) in [5.74, 6) is -0.176. The van der Waals surface area contributed by atoms with Gasteiger partial charge in [0.05, 0.1) is 26.3 Å². The molecule has 0 saturated carbocycles. The minimum Gasteiger partial charge on any atom is -0.354 e. The number of imidazole rings is 1. The van der Waals surface area contributed by atoms with E-state index in [0.717, 1.165) is 26.3 Å². The van der Waals surface area contributed by atoms with Gasteiger partial charge >= 0.3 is 5.69 Å². The molecule has 4 rings (SSSR count). The molecule has 0 atom stereocenters. The Labute approximate surface area is 153 Å². The number of fused-ring (bicyclic) bond motifs is 2. The number of rotatable bonds is 5. The predicted molar refractivity (Wildman–Crippen MR) is 104 cm³/mol. The lowest BCUT2D eigenvalue weighted by Crippen LogP contribution is -2.33. The lowest BCUT2D eigenvalue weighted by atomic mass is 10.3. The van der Waals surface area contributed by atoms with Crippen LogP contribution in [0.25, 0.3) is 21.3 Å². The van der Waals surface area contributed by atoms with E-state index in [2.05, 4.69) is 10.3 Å². The van der Waals surface area contributed by atoms with E-state index in [1.807, 2.05) is 48.5 Å². The Morgan fingerprint density at radius 1 is 1.12 bits per heavy atom. The van der Waals surface area contributed by atoms with Gasteiger partial charge in [0.2, 0.25) is 5.91 Å². The standard InChI is InChI=1S/C19H18N4O2S/c1-22-14-7-3-4-8-15(14)23(19(22)25)12-17(24)20-11-10-18-21-13-6-2-5-9-16(13)26-18/h2-9H,10-12H2,1H3,(H,20,24). The maximum Gasteiger partial charge on any atom is 0.329 e. The quantitative estimate of drug-likeness (QED) is 0.589. The van der Waals surface area contributed by atoms with E-state index in [1.165, 1.54) is 4.57 Å². The van der Waals surface area contributed by atoms with Gasteiger partial charge in [-0.15, -0.1) is 11.3 Å². The summed E-state index contributed by atoms with van der Waals surface area (Å²) in [5.41, 5.74) is 2.38. The summed E-state index contributed by atoms with van der Waals surface area (Å²) in [6.45, 7) is 0.512. The Kier molecular flexibility index (Phi) is 4.30. The molecule has 6 nitrogen and oxygen atoms in total. The average molecular weight is 366 g/mol. The number of hydrogen-bond donors (Lipinski definition) is 1. The van der Waals surface area contributed by atoms with Gasteiger partial charge in [0, 0.05) is 20.0 Å². The Morgan fingerprint density at radius 3 is 2.65 bits per heavy atom. The molecule has 1 amide bonds. The number of carbonyl (C=O) groups is 1. The Morgan fingerprint density at radius 2 is 1.85 bits per heavy atom. The summed E-state index contributed by atoms with van der Waals surface area (Å²) in [6, 6.07) is 15.5. The van der Waals surface area contributed by atoms with Crippen LogP contribution in [0.1, 0.15) is 5.01 Å². The van der Waals surface area contributed by atoms with Gasteiger partial charge in [-0.2, -0.15) is 0 Å². The molecule has 2 heterocycles. The summed E-state index contributed by atoms with van der Waals surface area (Å²) >= 11 is 1.64. The van der Waals surface area contributed by atoms with Crippen LogP contribution in [-0.2, 0) is 24.8 Å². The van der Waals surface area contributed by atoms with Gasteiger partial charge in [0.1, 0.15) is 6.54 Å². The highest BCUT2D eigenvalue weighted by atomic mass is 32.1. The zero-order valence-corrected chi connectivity index (χ0v) is 15.1. The normalized spacial score (nSPS) is 11.3. The molecule has 0 aliphatic carbocycles. The molecule has 0 bridgehead atoms. The third-order valence-corrected chi connectivity index (χ3v) is 5.45. The van der Waals surface area contributed by atoms with Crippen molar-refractivity contribution >= 4 is 38.5 Å². The van der Waals surface area contributed by atoms with Crippen LogP contribution in [0.2, 0.25) is 0 Å². The molecule has 0 aliphatic rings. The first-order valence-corrected chi connectivity index (χ1v) is 9.20. The van der Waals surface area contributed by atoms with Crippen molar-refractivity contribution in [3.05, 3.63) is 64.0 Å². The van der Waals surface area contributed by atoms with Crippen molar-refractivity contribution in [2.24, 2.45) is 7.05 Å². The number of aryl methyl sites for hydroxylation is 1. The van der Waals surface area contributed by atoms with Crippen molar-refractivity contribution in [2.45, 2.75) is 13.0 Å². The molecule has 132 valence electrons. The molecule has 2 aromatic heterocycles. The van der Waals surface area contributed by atoms with Crippen LogP contribution >= 0.6 is 11.3 Å². The zero-order chi connectivity index (χ0) is 18.1. The van der Waals surface area contributed by atoms with E-state index < -0.39 is 0 Å². The number of carbonyl (C=O) groups excluding carboxylic acids is 1. The second-order valence-electron chi connectivity index (χ2n) is 6.09. The smallest absolute Gasteiger partial charge is 0.329 e. The number of para-hydroxylation sites is 3. The summed E-state index contributed by atoms with van der Waals surface area (Å²) in [5, 5.41) is 3.88. The highest BCUT2D eigenvalue weighted by molar-refractivity contribution is 7.18. The first kappa shape index (κ1) is 16.5. The maximum atomic E-state index is 12.4. The van der Waals surface area contributed by atoms with E-state index in [0.29, 0.717) is 13.0 Å². The number of aromatic nitrogens is 3. The number of thiazole rings is 1. The average Bonchev–Trinajstić information content (AvgIpc) is 3.16. The van der Waals surface area contributed by atoms with Gasteiger partial charge in [0.25, 0.3) is 0 Å². The lowest BCUT2D eigenvalue weighted by Gasteiger charge is -2.05. The highest BCUT2D eigenvalue weighted by Crippen LogP contribution is 2.21. The third-order valence-electron chi connectivity index (χ3n) is 4.35. The monoisotopic (exact) mass is 366 g/mol. The van der Waals surface area contributed by atoms with Gasteiger partial charge in [0.15, 0.2) is 0 Å². The molecular weight excluding hydrogens is 348 g/mol. The minimum absolute atomic E-state index is 0.0139. The maximum absolute atomic E-state index is 12.4. The van der Waals surface area contributed by atoms with Crippen molar-refractivity contribution in [2.75, 3.05) is 6.54 Å². The molecule has 26 heavy (non-hydrogen) atoms. The summed E-state index contributed by atoms with van der Waals surface area (Å²) < 4.78 is 4.21. The fraction of sp³-hybridized carbons (Fsp3) is 0.211. The van der Waals surface area contributed by atoms with Crippen LogP contribution in [0.4, 0.5) is 0 Å². The van der Waals surface area contributed by atoms with E-state index in [-0.39, 0.29) is 18.1 Å². The number of nitrogens with zero attached hydrogens (tertiary/aromatic N) is 3. The van der Waals surface area contributed by atoms with E-state index in [1.54, 1.807) is 23.0 Å². The summed E-state index contributed by atoms with van der Waals surface area (Å²) in [7, 11) is 1.71. The fourth-order valence-corrected chi connectivity index (χ4v) is 4.02. The van der Waals surface area contributed by atoms with E-state index >= 15 is 0 Å². The molecule has 0 saturated heterocycles. The topological polar surface area (TPSA) is 68.9 Å². The van der Waals surface area contributed by atoms with Crippen LogP contribution in [0.3, 0.4) is 0 Å². The Bertz CT molecular complexity index is 1120. The van der Waals surface area contributed by atoms with Gasteiger partial charge in [-0.1, -0.05) is 24.3 Å². The highest BCUT2D eigenvalue weighted by Gasteiger charge is 2.13. The van der Waals surface area contributed by atoms with Crippen LogP contribution in [0.5, 0.6) is 0 Å². The molecular formula is C19H18N4O2S. The second-order valence-corrected chi connectivity index (χ2v) is 7.21. The van der Waals surface area contributed by atoms with Crippen molar-refractivity contribution in [3.8, 4) is 0 Å². The lowest BCUT2D eigenvalue weighted by molar-refractivity contribution is -0.121. The van der Waals surface area contributed by atoms with Gasteiger partial charge < -0.3 is 5.32 Å². The molecule has 2 aromatic carbocycles. The van der Waals surface area contributed by atoms with E-state index in [4.69, 9.17) is 0 Å². The molecule has 0 aliphatic heterocycles. The largest absolute Gasteiger partial charge is 0.354 e. The van der Waals surface area contributed by atoms with Crippen molar-refractivity contribution in [1.82, 2.24) is 19.4 Å². The third kappa shape index (κ3) is 3.01. The van der Waals surface area contributed by atoms with Crippen molar-refractivity contribution < 1.29 is 4.79 Å². The molecule has 7 heteroatoms. The van der Waals surface area contributed by atoms with Gasteiger partial charge in [-0.05, 0) is 24.3 Å². The Hall–Kier alpha value is -2.93. The molecule has 0 radical (unpaired) electrons. The van der Waals surface area contributed by atoms with Crippen LogP contribution in [0.15, 0.2) is 53.3 Å². The van der Waals surface area contributed by atoms with Gasteiger partial charge in [-0.3, -0.25) is 13.9 Å². The van der Waals surface area contributed by atoms with Crippen LogP contribution in [-0.4, -0.2) is 26.6 Å². The zero-order valence-electron chi connectivity index (χ0n) is 14.3. The van der Waals surface area contributed by atoms with E-state index in [9.17, 15) is 9.59 Å². The second kappa shape index (κ2) is 6.76. The molecule has 0 fully saturated rings. The number of nitrogens with one attached hydrogen (secondary N) is 1. The number of hydrogen-bond acceptors (Lipinski definition) is 4. The van der Waals surface area contributed by atoms with Crippen molar-refractivity contribution in [1.29, 1.82) is 0 Å². The SMILES string of the molecule is Cn1c(=O)n(CC(=O)NCCc2nc3ccccc3s2)c2ccccc21. The van der Waals surface area contributed by atoms with Gasteiger partial charge in [-0.25, -0.2) is 9.78 Å². The summed E-state index contributed by atoms with van der Waals surface area (Å²) in [6.07, 6.45) is 0.676. The number of benzene rings is 2. The Balaban J connectivity index is 1.42. The van der Waals surface area contributed by atoms with Crippen LogP contribution in [0, 0.1) is 0 Å². The van der Waals surface area contributed by atoms with Crippen LogP contribution < -0.4 is 11.0 Å². The minimum atomic E-state index is -0.187. The molecule has 0 spiro atoms. The molecule has 1 N–H and O–H groups in total. The van der Waals surface area contributed by atoms with Crippen molar-refractivity contribution in [3.63, 3.8) is 0 Å². The summed E-state index contributed by atoms with van der Waals surface area (Å²) in [4.78, 5) is 29.2. The fourth-order valence-electron chi connectivity index (χ4n) is 3.05. The molecule has 0 unspecified atom stereocenters. The molecule has 4 aromatic rings. The first-order valence-electron chi connectivity index (χ1n) is 8.39. The predicted octanol–water partition coefficient (Wildman–Crippen LogP) is 2.31. The number of amides is 1. The first-order chi connectivity index (χ1) is 12.6.